The normalized spacial score (nSPS) is 14.4. The van der Waals surface area contributed by atoms with Crippen LogP contribution < -0.4 is 5.32 Å². The van der Waals surface area contributed by atoms with Crippen molar-refractivity contribution in [1.29, 1.82) is 0 Å². The standard InChI is InChI=1S/C14H14BrClFNS/c1-8(11-7-10(15)3-4-12(11)17)18-9(2)13-5-6-14(16)19-13/h3-9,18H,1-2H3. The van der Waals surface area contributed by atoms with Gasteiger partial charge in [-0.05, 0) is 44.2 Å². The summed E-state index contributed by atoms with van der Waals surface area (Å²) in [7, 11) is 0. The van der Waals surface area contributed by atoms with Crippen molar-refractivity contribution in [3.05, 3.63) is 55.4 Å². The van der Waals surface area contributed by atoms with E-state index >= 15 is 0 Å². The van der Waals surface area contributed by atoms with Crippen LogP contribution in [0.25, 0.3) is 0 Å². The minimum atomic E-state index is -0.195. The maximum absolute atomic E-state index is 13.8. The van der Waals surface area contributed by atoms with Gasteiger partial charge >= 0.3 is 0 Å². The molecule has 1 aromatic carbocycles. The molecule has 0 saturated heterocycles. The molecular weight excluding hydrogens is 349 g/mol. The zero-order valence-electron chi connectivity index (χ0n) is 10.6. The van der Waals surface area contributed by atoms with Gasteiger partial charge in [0.2, 0.25) is 0 Å². The zero-order chi connectivity index (χ0) is 14.0. The Hall–Kier alpha value is -0.420. The van der Waals surface area contributed by atoms with Gasteiger partial charge in [0, 0.05) is 27.0 Å². The minimum Gasteiger partial charge on any atom is -0.303 e. The van der Waals surface area contributed by atoms with E-state index in [0.29, 0.717) is 5.56 Å². The monoisotopic (exact) mass is 361 g/mol. The van der Waals surface area contributed by atoms with Gasteiger partial charge in [-0.25, -0.2) is 4.39 Å². The highest BCUT2D eigenvalue weighted by Gasteiger charge is 2.15. The summed E-state index contributed by atoms with van der Waals surface area (Å²) in [6.07, 6.45) is 0. The molecule has 0 fully saturated rings. The van der Waals surface area contributed by atoms with E-state index in [1.807, 2.05) is 19.1 Å². The van der Waals surface area contributed by atoms with Crippen LogP contribution in [0.5, 0.6) is 0 Å². The van der Waals surface area contributed by atoms with Crippen LogP contribution in [0, 0.1) is 5.82 Å². The van der Waals surface area contributed by atoms with Gasteiger partial charge in [-0.2, -0.15) is 0 Å². The quantitative estimate of drug-likeness (QED) is 0.734. The van der Waals surface area contributed by atoms with E-state index in [-0.39, 0.29) is 17.9 Å². The Bertz CT molecular complexity index is 572. The summed E-state index contributed by atoms with van der Waals surface area (Å²) in [4.78, 5) is 1.15. The molecule has 102 valence electrons. The van der Waals surface area contributed by atoms with Crippen LogP contribution in [0.1, 0.15) is 36.4 Å². The van der Waals surface area contributed by atoms with Crippen LogP contribution in [0.2, 0.25) is 4.34 Å². The summed E-state index contributed by atoms with van der Waals surface area (Å²) in [6, 6.07) is 8.91. The van der Waals surface area contributed by atoms with E-state index < -0.39 is 0 Å². The van der Waals surface area contributed by atoms with Crippen molar-refractivity contribution in [2.45, 2.75) is 25.9 Å². The van der Waals surface area contributed by atoms with Crippen LogP contribution in [-0.2, 0) is 0 Å². The molecule has 0 bridgehead atoms. The van der Waals surface area contributed by atoms with Gasteiger partial charge in [-0.1, -0.05) is 27.5 Å². The Balaban J connectivity index is 2.12. The summed E-state index contributed by atoms with van der Waals surface area (Å²) in [5, 5.41) is 3.38. The third-order valence-corrected chi connectivity index (χ3v) is 4.85. The molecule has 1 N–H and O–H groups in total. The van der Waals surface area contributed by atoms with Crippen LogP contribution in [-0.4, -0.2) is 0 Å². The van der Waals surface area contributed by atoms with Gasteiger partial charge in [0.15, 0.2) is 0 Å². The number of benzene rings is 1. The van der Waals surface area contributed by atoms with Crippen molar-refractivity contribution in [3.63, 3.8) is 0 Å². The number of halogens is 3. The minimum absolute atomic E-state index is 0.0756. The fraction of sp³-hybridized carbons (Fsp3) is 0.286. The maximum Gasteiger partial charge on any atom is 0.128 e. The molecule has 1 aromatic heterocycles. The number of hydrogen-bond donors (Lipinski definition) is 1. The predicted octanol–water partition coefficient (Wildman–Crippen LogP) is 5.71. The highest BCUT2D eigenvalue weighted by molar-refractivity contribution is 9.10. The predicted molar refractivity (Wildman–Crippen MR) is 83.4 cm³/mol. The molecule has 5 heteroatoms. The summed E-state index contributed by atoms with van der Waals surface area (Å²) < 4.78 is 15.4. The summed E-state index contributed by atoms with van der Waals surface area (Å²) in [6.45, 7) is 4.01. The smallest absolute Gasteiger partial charge is 0.128 e. The highest BCUT2D eigenvalue weighted by atomic mass is 79.9. The fourth-order valence-corrected chi connectivity index (χ4v) is 3.41. The van der Waals surface area contributed by atoms with Crippen LogP contribution in [0.4, 0.5) is 4.39 Å². The van der Waals surface area contributed by atoms with Gasteiger partial charge in [0.05, 0.1) is 4.34 Å². The van der Waals surface area contributed by atoms with E-state index in [2.05, 4.69) is 28.2 Å². The molecule has 0 aliphatic heterocycles. The number of hydrogen-bond acceptors (Lipinski definition) is 2. The Morgan fingerprint density at radius 2 is 1.95 bits per heavy atom. The molecule has 2 atom stereocenters. The lowest BCUT2D eigenvalue weighted by Crippen LogP contribution is -2.22. The molecule has 19 heavy (non-hydrogen) atoms. The molecule has 0 amide bonds. The van der Waals surface area contributed by atoms with Gasteiger partial charge in [0.1, 0.15) is 5.82 Å². The molecule has 1 nitrogen and oxygen atoms in total. The van der Waals surface area contributed by atoms with E-state index in [9.17, 15) is 4.39 Å². The van der Waals surface area contributed by atoms with Crippen molar-refractivity contribution in [2.24, 2.45) is 0 Å². The molecule has 1 heterocycles. The van der Waals surface area contributed by atoms with Gasteiger partial charge in [0.25, 0.3) is 0 Å². The molecule has 2 unspecified atom stereocenters. The van der Waals surface area contributed by atoms with Crippen LogP contribution >= 0.6 is 38.9 Å². The highest BCUT2D eigenvalue weighted by Crippen LogP contribution is 2.29. The first-order valence-corrected chi connectivity index (χ1v) is 7.92. The zero-order valence-corrected chi connectivity index (χ0v) is 13.7. The first-order valence-electron chi connectivity index (χ1n) is 5.93. The first kappa shape index (κ1) is 15.0. The van der Waals surface area contributed by atoms with E-state index in [1.165, 1.54) is 6.07 Å². The molecule has 0 aliphatic rings. The lowest BCUT2D eigenvalue weighted by atomic mass is 10.1. The fourth-order valence-electron chi connectivity index (χ4n) is 1.95. The molecule has 2 rings (SSSR count). The Morgan fingerprint density at radius 3 is 2.58 bits per heavy atom. The van der Waals surface area contributed by atoms with Crippen LogP contribution in [0.3, 0.4) is 0 Å². The van der Waals surface area contributed by atoms with E-state index in [4.69, 9.17) is 11.6 Å². The third kappa shape index (κ3) is 3.78. The average molecular weight is 363 g/mol. The van der Waals surface area contributed by atoms with Crippen molar-refractivity contribution in [2.75, 3.05) is 0 Å². The van der Waals surface area contributed by atoms with Gasteiger partial charge in [-0.15, -0.1) is 11.3 Å². The molecular formula is C14H14BrClFNS. The Morgan fingerprint density at radius 1 is 1.21 bits per heavy atom. The number of rotatable bonds is 4. The number of thiophene rings is 1. The molecule has 0 radical (unpaired) electrons. The molecule has 0 aliphatic carbocycles. The van der Waals surface area contributed by atoms with Crippen molar-refractivity contribution >= 4 is 38.9 Å². The second-order valence-corrected chi connectivity index (χ2v) is 7.08. The number of nitrogens with one attached hydrogen (secondary N) is 1. The second kappa shape index (κ2) is 6.35. The van der Waals surface area contributed by atoms with E-state index in [1.54, 1.807) is 23.5 Å². The average Bonchev–Trinajstić information content (AvgIpc) is 2.79. The van der Waals surface area contributed by atoms with Crippen molar-refractivity contribution in [1.82, 2.24) is 5.32 Å². The van der Waals surface area contributed by atoms with Crippen LogP contribution in [0.15, 0.2) is 34.8 Å². The largest absolute Gasteiger partial charge is 0.303 e. The maximum atomic E-state index is 13.8. The van der Waals surface area contributed by atoms with Crippen molar-refractivity contribution in [3.8, 4) is 0 Å². The topological polar surface area (TPSA) is 12.0 Å². The third-order valence-electron chi connectivity index (χ3n) is 2.95. The first-order chi connectivity index (χ1) is 8.97. The summed E-state index contributed by atoms with van der Waals surface area (Å²) in [5.74, 6) is -0.195. The van der Waals surface area contributed by atoms with Gasteiger partial charge in [-0.3, -0.25) is 0 Å². The molecule has 0 spiro atoms. The SMILES string of the molecule is CC(NC(C)c1cc(Br)ccc1F)c1ccc(Cl)s1. The molecule has 2 aromatic rings. The second-order valence-electron chi connectivity index (χ2n) is 4.42. The molecule has 0 saturated carbocycles. The Labute approximate surface area is 129 Å². The Kier molecular flexibility index (Phi) is 5.01. The van der Waals surface area contributed by atoms with Gasteiger partial charge < -0.3 is 5.32 Å². The summed E-state index contributed by atoms with van der Waals surface area (Å²) >= 11 is 10.8. The van der Waals surface area contributed by atoms with E-state index in [0.717, 1.165) is 13.7 Å². The lowest BCUT2D eigenvalue weighted by molar-refractivity contribution is 0.478. The summed E-state index contributed by atoms with van der Waals surface area (Å²) in [5.41, 5.74) is 0.656. The van der Waals surface area contributed by atoms with Crippen molar-refractivity contribution < 1.29 is 4.39 Å². The lowest BCUT2D eigenvalue weighted by Gasteiger charge is -2.20.